The van der Waals surface area contributed by atoms with Gasteiger partial charge >= 0.3 is 0 Å². The first-order valence-corrected chi connectivity index (χ1v) is 7.80. The number of ether oxygens (including phenoxy) is 1. The monoisotopic (exact) mass is 321 g/mol. The highest BCUT2D eigenvalue weighted by Gasteiger charge is 2.27. The highest BCUT2D eigenvalue weighted by molar-refractivity contribution is 6.29. The zero-order valence-corrected chi connectivity index (χ0v) is 13.8. The van der Waals surface area contributed by atoms with Gasteiger partial charge in [-0.3, -0.25) is 4.68 Å². The number of halogens is 1. The quantitative estimate of drug-likeness (QED) is 0.828. The fourth-order valence-corrected chi connectivity index (χ4v) is 2.61. The van der Waals surface area contributed by atoms with Crippen molar-refractivity contribution in [3.8, 4) is 0 Å². The Bertz CT molecular complexity index is 681. The molecule has 1 aliphatic carbocycles. The first-order valence-electron chi connectivity index (χ1n) is 7.43. The molecular formula is C15H20ClN5O. The Kier molecular flexibility index (Phi) is 4.31. The molecule has 118 valence electrons. The Morgan fingerprint density at radius 1 is 1.36 bits per heavy atom. The first kappa shape index (κ1) is 15.2. The summed E-state index contributed by atoms with van der Waals surface area (Å²) >= 11 is 6.11. The highest BCUT2D eigenvalue weighted by atomic mass is 35.5. The van der Waals surface area contributed by atoms with Crippen LogP contribution in [0, 0.1) is 13.8 Å². The molecule has 1 aliphatic rings. The predicted molar refractivity (Wildman–Crippen MR) is 85.9 cm³/mol. The van der Waals surface area contributed by atoms with E-state index >= 15 is 0 Å². The standard InChI is InChI=1S/C15H20ClN5O/c1-9-14(10(2)21(20-9)6-7-22-3)18-13-8-12(16)17-15(19-13)11-4-5-11/h8,11H,4-7H2,1-3H3,(H,17,18,19). The Balaban J connectivity index is 1.85. The molecule has 6 nitrogen and oxygen atoms in total. The lowest BCUT2D eigenvalue weighted by Gasteiger charge is -2.09. The molecule has 3 rings (SSSR count). The van der Waals surface area contributed by atoms with Crippen molar-refractivity contribution in [2.75, 3.05) is 19.0 Å². The van der Waals surface area contributed by atoms with Crippen LogP contribution in [0.25, 0.3) is 0 Å². The third-order valence-corrected chi connectivity index (χ3v) is 3.99. The van der Waals surface area contributed by atoms with Gasteiger partial charge in [0.25, 0.3) is 0 Å². The van der Waals surface area contributed by atoms with Crippen LogP contribution in [0.15, 0.2) is 6.07 Å². The molecule has 0 aromatic carbocycles. The number of rotatable bonds is 6. The second-order valence-electron chi connectivity index (χ2n) is 5.60. The normalized spacial score (nSPS) is 14.4. The molecular weight excluding hydrogens is 302 g/mol. The Morgan fingerprint density at radius 3 is 2.82 bits per heavy atom. The van der Waals surface area contributed by atoms with E-state index in [1.54, 1.807) is 13.2 Å². The topological polar surface area (TPSA) is 64.9 Å². The average Bonchev–Trinajstić information content (AvgIpc) is 3.28. The lowest BCUT2D eigenvalue weighted by atomic mass is 10.3. The number of hydrogen-bond acceptors (Lipinski definition) is 5. The van der Waals surface area contributed by atoms with Crippen molar-refractivity contribution in [2.45, 2.75) is 39.2 Å². The molecule has 1 saturated carbocycles. The molecule has 22 heavy (non-hydrogen) atoms. The van der Waals surface area contributed by atoms with Gasteiger partial charge in [-0.1, -0.05) is 11.6 Å². The van der Waals surface area contributed by atoms with Crippen LogP contribution in [-0.4, -0.2) is 33.5 Å². The third-order valence-electron chi connectivity index (χ3n) is 3.80. The van der Waals surface area contributed by atoms with Gasteiger partial charge in [0.05, 0.1) is 30.2 Å². The van der Waals surface area contributed by atoms with Crippen LogP contribution in [0.4, 0.5) is 11.5 Å². The summed E-state index contributed by atoms with van der Waals surface area (Å²) in [5.74, 6) is 2.02. The van der Waals surface area contributed by atoms with Gasteiger partial charge in [-0.2, -0.15) is 5.10 Å². The van der Waals surface area contributed by atoms with E-state index in [-0.39, 0.29) is 0 Å². The first-order chi connectivity index (χ1) is 10.6. The van der Waals surface area contributed by atoms with Gasteiger partial charge in [0.1, 0.15) is 16.8 Å². The fourth-order valence-electron chi connectivity index (χ4n) is 2.42. The number of anilines is 2. The summed E-state index contributed by atoms with van der Waals surface area (Å²) in [7, 11) is 1.69. The number of hydrogen-bond donors (Lipinski definition) is 1. The van der Waals surface area contributed by atoms with Crippen molar-refractivity contribution in [1.29, 1.82) is 0 Å². The van der Waals surface area contributed by atoms with E-state index in [9.17, 15) is 0 Å². The molecule has 2 heterocycles. The van der Waals surface area contributed by atoms with E-state index in [2.05, 4.69) is 20.4 Å². The molecule has 7 heteroatoms. The van der Waals surface area contributed by atoms with Crippen LogP contribution in [-0.2, 0) is 11.3 Å². The highest BCUT2D eigenvalue weighted by Crippen LogP contribution is 2.39. The van der Waals surface area contributed by atoms with Crippen molar-refractivity contribution in [3.05, 3.63) is 28.4 Å². The average molecular weight is 322 g/mol. The van der Waals surface area contributed by atoms with Crippen LogP contribution in [0.3, 0.4) is 0 Å². The maximum Gasteiger partial charge on any atom is 0.135 e. The molecule has 0 aliphatic heterocycles. The molecule has 0 saturated heterocycles. The van der Waals surface area contributed by atoms with Gasteiger partial charge in [0, 0.05) is 19.1 Å². The second kappa shape index (κ2) is 6.22. The minimum atomic E-state index is 0.464. The zero-order valence-electron chi connectivity index (χ0n) is 13.1. The molecule has 2 aromatic heterocycles. The van der Waals surface area contributed by atoms with E-state index in [4.69, 9.17) is 16.3 Å². The van der Waals surface area contributed by atoms with Crippen LogP contribution < -0.4 is 5.32 Å². The van der Waals surface area contributed by atoms with E-state index in [1.165, 1.54) is 0 Å². The smallest absolute Gasteiger partial charge is 0.135 e. The van der Waals surface area contributed by atoms with Gasteiger partial charge in [-0.25, -0.2) is 9.97 Å². The van der Waals surface area contributed by atoms with Crippen molar-refractivity contribution >= 4 is 23.1 Å². The molecule has 0 atom stereocenters. The molecule has 0 unspecified atom stereocenters. The van der Waals surface area contributed by atoms with Crippen molar-refractivity contribution in [3.63, 3.8) is 0 Å². The molecule has 2 aromatic rings. The molecule has 0 amide bonds. The molecule has 1 N–H and O–H groups in total. The largest absolute Gasteiger partial charge is 0.383 e. The van der Waals surface area contributed by atoms with Crippen molar-refractivity contribution in [2.24, 2.45) is 0 Å². The molecule has 0 bridgehead atoms. The summed E-state index contributed by atoms with van der Waals surface area (Å²) in [6.45, 7) is 5.36. The summed E-state index contributed by atoms with van der Waals surface area (Å²) < 4.78 is 7.05. The summed E-state index contributed by atoms with van der Waals surface area (Å²) in [5.41, 5.74) is 2.95. The van der Waals surface area contributed by atoms with Crippen LogP contribution in [0.1, 0.15) is 36.0 Å². The minimum Gasteiger partial charge on any atom is -0.383 e. The Hall–Kier alpha value is -1.66. The lowest BCUT2D eigenvalue weighted by Crippen LogP contribution is -2.08. The summed E-state index contributed by atoms with van der Waals surface area (Å²) in [6, 6.07) is 1.75. The van der Waals surface area contributed by atoms with E-state index in [0.717, 1.165) is 48.1 Å². The summed E-state index contributed by atoms with van der Waals surface area (Å²) in [6.07, 6.45) is 2.29. The number of methoxy groups -OCH3 is 1. The van der Waals surface area contributed by atoms with Gasteiger partial charge in [-0.15, -0.1) is 0 Å². The number of nitrogens with one attached hydrogen (secondary N) is 1. The second-order valence-corrected chi connectivity index (χ2v) is 5.98. The van der Waals surface area contributed by atoms with Crippen LogP contribution >= 0.6 is 11.6 Å². The minimum absolute atomic E-state index is 0.464. The fraction of sp³-hybridized carbons (Fsp3) is 0.533. The van der Waals surface area contributed by atoms with Gasteiger partial charge in [0.2, 0.25) is 0 Å². The number of nitrogens with zero attached hydrogens (tertiary/aromatic N) is 4. The Labute approximate surface area is 134 Å². The zero-order chi connectivity index (χ0) is 15.7. The number of aromatic nitrogens is 4. The maximum atomic E-state index is 6.11. The Morgan fingerprint density at radius 2 is 2.14 bits per heavy atom. The van der Waals surface area contributed by atoms with E-state index in [0.29, 0.717) is 17.7 Å². The molecule has 1 fully saturated rings. The van der Waals surface area contributed by atoms with Crippen LogP contribution in [0.2, 0.25) is 5.15 Å². The van der Waals surface area contributed by atoms with Gasteiger partial charge in [-0.05, 0) is 26.7 Å². The van der Waals surface area contributed by atoms with Crippen molar-refractivity contribution in [1.82, 2.24) is 19.7 Å². The maximum absolute atomic E-state index is 6.11. The lowest BCUT2D eigenvalue weighted by molar-refractivity contribution is 0.182. The van der Waals surface area contributed by atoms with E-state index < -0.39 is 0 Å². The van der Waals surface area contributed by atoms with Gasteiger partial charge < -0.3 is 10.1 Å². The summed E-state index contributed by atoms with van der Waals surface area (Å²) in [5, 5.41) is 8.35. The predicted octanol–water partition coefficient (Wildman–Crippen LogP) is 3.21. The number of aryl methyl sites for hydroxylation is 1. The van der Waals surface area contributed by atoms with E-state index in [1.807, 2.05) is 18.5 Å². The van der Waals surface area contributed by atoms with Gasteiger partial charge in [0.15, 0.2) is 0 Å². The molecule has 0 radical (unpaired) electrons. The SMILES string of the molecule is COCCn1nc(C)c(Nc2cc(Cl)nc(C3CC3)n2)c1C. The van der Waals surface area contributed by atoms with Crippen LogP contribution in [0.5, 0.6) is 0 Å². The van der Waals surface area contributed by atoms with Crippen molar-refractivity contribution < 1.29 is 4.74 Å². The third kappa shape index (κ3) is 3.23. The molecule has 0 spiro atoms. The summed E-state index contributed by atoms with van der Waals surface area (Å²) in [4.78, 5) is 8.88.